The van der Waals surface area contributed by atoms with Crippen molar-refractivity contribution >= 4 is 17.5 Å². The summed E-state index contributed by atoms with van der Waals surface area (Å²) in [4.78, 5) is 18.1. The lowest BCUT2D eigenvalue weighted by Crippen LogP contribution is -2.09. The second-order valence-electron chi connectivity index (χ2n) is 3.14. The maximum absolute atomic E-state index is 10.7. The minimum atomic E-state index is -0.498. The maximum atomic E-state index is 10.7. The Kier molecular flexibility index (Phi) is 4.43. The molecule has 0 bridgehead atoms. The van der Waals surface area contributed by atoms with Gasteiger partial charge in [-0.3, -0.25) is 10.1 Å². The summed E-state index contributed by atoms with van der Waals surface area (Å²) in [6.45, 7) is 5.18. The van der Waals surface area contributed by atoms with Crippen LogP contribution in [0.25, 0.3) is 0 Å². The van der Waals surface area contributed by atoms with Crippen LogP contribution in [0.5, 0.6) is 0 Å². The van der Waals surface area contributed by atoms with Crippen LogP contribution >= 0.6 is 0 Å². The second kappa shape index (κ2) is 5.84. The first-order chi connectivity index (χ1) is 7.69. The van der Waals surface area contributed by atoms with E-state index < -0.39 is 4.92 Å². The molecular formula is C9H15N5O2. The van der Waals surface area contributed by atoms with Crippen LogP contribution in [-0.2, 0) is 0 Å². The molecule has 7 heteroatoms. The highest BCUT2D eigenvalue weighted by Gasteiger charge is 2.16. The number of hydrogen-bond donors (Lipinski definition) is 2. The predicted molar refractivity (Wildman–Crippen MR) is 61.6 cm³/mol. The number of anilines is 2. The van der Waals surface area contributed by atoms with Crippen LogP contribution in [0.4, 0.5) is 17.5 Å². The zero-order chi connectivity index (χ0) is 12.0. The summed E-state index contributed by atoms with van der Waals surface area (Å²) < 4.78 is 0. The van der Waals surface area contributed by atoms with E-state index in [2.05, 4.69) is 20.6 Å². The van der Waals surface area contributed by atoms with Crippen molar-refractivity contribution in [3.63, 3.8) is 0 Å². The molecular weight excluding hydrogens is 210 g/mol. The van der Waals surface area contributed by atoms with E-state index in [1.54, 1.807) is 0 Å². The molecule has 0 radical (unpaired) electrons. The molecule has 0 spiro atoms. The van der Waals surface area contributed by atoms with E-state index in [1.165, 1.54) is 6.20 Å². The van der Waals surface area contributed by atoms with E-state index in [1.807, 2.05) is 13.8 Å². The third-order valence-corrected chi connectivity index (χ3v) is 1.84. The molecule has 0 unspecified atom stereocenters. The van der Waals surface area contributed by atoms with Gasteiger partial charge in [0.25, 0.3) is 0 Å². The summed E-state index contributed by atoms with van der Waals surface area (Å²) >= 11 is 0. The van der Waals surface area contributed by atoms with Gasteiger partial charge < -0.3 is 10.6 Å². The fourth-order valence-electron chi connectivity index (χ4n) is 1.13. The first kappa shape index (κ1) is 12.2. The summed E-state index contributed by atoms with van der Waals surface area (Å²) in [6, 6.07) is 0. The van der Waals surface area contributed by atoms with Gasteiger partial charge in [0, 0.05) is 13.1 Å². The van der Waals surface area contributed by atoms with Crippen LogP contribution in [0.3, 0.4) is 0 Å². The minimum absolute atomic E-state index is 0.108. The maximum Gasteiger partial charge on any atom is 0.329 e. The average Bonchev–Trinajstić information content (AvgIpc) is 2.26. The summed E-state index contributed by atoms with van der Waals surface area (Å²) in [5.41, 5.74) is -0.108. The fraction of sp³-hybridized carbons (Fsp3) is 0.556. The van der Waals surface area contributed by atoms with Crippen molar-refractivity contribution in [2.75, 3.05) is 23.7 Å². The Labute approximate surface area is 93.4 Å². The van der Waals surface area contributed by atoms with Gasteiger partial charge in [0.1, 0.15) is 6.20 Å². The lowest BCUT2D eigenvalue weighted by molar-refractivity contribution is -0.384. The van der Waals surface area contributed by atoms with Gasteiger partial charge in [-0.15, -0.1) is 0 Å². The highest BCUT2D eigenvalue weighted by molar-refractivity contribution is 5.56. The Morgan fingerprint density at radius 2 is 2.19 bits per heavy atom. The smallest absolute Gasteiger partial charge is 0.329 e. The summed E-state index contributed by atoms with van der Waals surface area (Å²) in [6.07, 6.45) is 2.15. The van der Waals surface area contributed by atoms with Crippen LogP contribution in [0.15, 0.2) is 6.20 Å². The highest BCUT2D eigenvalue weighted by Crippen LogP contribution is 2.21. The SMILES string of the molecule is CCCNc1ncc([N+](=O)[O-])c(NCC)n1. The van der Waals surface area contributed by atoms with Gasteiger partial charge >= 0.3 is 5.69 Å². The van der Waals surface area contributed by atoms with Crippen LogP contribution in [-0.4, -0.2) is 28.0 Å². The van der Waals surface area contributed by atoms with E-state index in [0.29, 0.717) is 12.5 Å². The Bertz CT molecular complexity index is 369. The Morgan fingerprint density at radius 1 is 1.44 bits per heavy atom. The number of nitrogens with one attached hydrogen (secondary N) is 2. The molecule has 0 aliphatic heterocycles. The standard InChI is InChI=1S/C9H15N5O2/c1-3-5-11-9-12-6-7(14(15)16)8(13-9)10-4-2/h6H,3-5H2,1-2H3,(H2,10,11,12,13). The monoisotopic (exact) mass is 225 g/mol. The number of aromatic nitrogens is 2. The molecule has 0 aliphatic carbocycles. The predicted octanol–water partition coefficient (Wildman–Crippen LogP) is 1.64. The lowest BCUT2D eigenvalue weighted by Gasteiger charge is -2.06. The van der Waals surface area contributed by atoms with Crippen LogP contribution in [0.1, 0.15) is 20.3 Å². The molecule has 2 N–H and O–H groups in total. The van der Waals surface area contributed by atoms with Crippen molar-refractivity contribution in [1.82, 2.24) is 9.97 Å². The van der Waals surface area contributed by atoms with Crippen LogP contribution in [0.2, 0.25) is 0 Å². The van der Waals surface area contributed by atoms with Crippen molar-refractivity contribution < 1.29 is 4.92 Å². The molecule has 1 aromatic rings. The first-order valence-corrected chi connectivity index (χ1v) is 5.18. The van der Waals surface area contributed by atoms with Crippen LogP contribution in [0, 0.1) is 10.1 Å². The summed E-state index contributed by atoms with van der Waals surface area (Å²) in [5, 5.41) is 16.5. The molecule has 7 nitrogen and oxygen atoms in total. The van der Waals surface area contributed by atoms with Gasteiger partial charge in [0.2, 0.25) is 11.8 Å². The van der Waals surface area contributed by atoms with Crippen molar-refractivity contribution in [1.29, 1.82) is 0 Å². The van der Waals surface area contributed by atoms with E-state index in [9.17, 15) is 10.1 Å². The van der Waals surface area contributed by atoms with Gasteiger partial charge in [-0.25, -0.2) is 4.98 Å². The van der Waals surface area contributed by atoms with Crippen molar-refractivity contribution in [2.45, 2.75) is 20.3 Å². The molecule has 16 heavy (non-hydrogen) atoms. The summed E-state index contributed by atoms with van der Waals surface area (Å²) in [7, 11) is 0. The van der Waals surface area contributed by atoms with Gasteiger partial charge in [0.05, 0.1) is 4.92 Å². The molecule has 0 amide bonds. The van der Waals surface area contributed by atoms with Gasteiger partial charge in [-0.2, -0.15) is 4.98 Å². The molecule has 1 rings (SSSR count). The molecule has 1 aromatic heterocycles. The van der Waals surface area contributed by atoms with Crippen LogP contribution < -0.4 is 10.6 Å². The largest absolute Gasteiger partial charge is 0.364 e. The first-order valence-electron chi connectivity index (χ1n) is 5.18. The quantitative estimate of drug-likeness (QED) is 0.564. The zero-order valence-electron chi connectivity index (χ0n) is 9.36. The molecule has 1 heterocycles. The van der Waals surface area contributed by atoms with Crippen molar-refractivity contribution in [3.05, 3.63) is 16.3 Å². The molecule has 0 aromatic carbocycles. The van der Waals surface area contributed by atoms with E-state index in [-0.39, 0.29) is 11.5 Å². The Balaban J connectivity index is 2.92. The fourth-order valence-corrected chi connectivity index (χ4v) is 1.13. The topological polar surface area (TPSA) is 93.0 Å². The van der Waals surface area contributed by atoms with E-state index >= 15 is 0 Å². The second-order valence-corrected chi connectivity index (χ2v) is 3.14. The highest BCUT2D eigenvalue weighted by atomic mass is 16.6. The van der Waals surface area contributed by atoms with E-state index in [4.69, 9.17) is 0 Å². The van der Waals surface area contributed by atoms with E-state index in [0.717, 1.165) is 13.0 Å². The Morgan fingerprint density at radius 3 is 2.75 bits per heavy atom. The molecule has 0 saturated carbocycles. The molecule has 0 aliphatic rings. The normalized spacial score (nSPS) is 9.88. The van der Waals surface area contributed by atoms with Gasteiger partial charge in [-0.1, -0.05) is 6.92 Å². The number of nitrogens with zero attached hydrogens (tertiary/aromatic N) is 3. The molecule has 0 saturated heterocycles. The zero-order valence-corrected chi connectivity index (χ0v) is 9.36. The third kappa shape index (κ3) is 3.04. The molecule has 88 valence electrons. The lowest BCUT2D eigenvalue weighted by atomic mass is 10.4. The Hall–Kier alpha value is -1.92. The number of hydrogen-bond acceptors (Lipinski definition) is 6. The third-order valence-electron chi connectivity index (χ3n) is 1.84. The van der Waals surface area contributed by atoms with Gasteiger partial charge in [0.15, 0.2) is 0 Å². The molecule has 0 atom stereocenters. The molecule has 0 fully saturated rings. The van der Waals surface area contributed by atoms with Gasteiger partial charge in [-0.05, 0) is 13.3 Å². The van der Waals surface area contributed by atoms with Crippen molar-refractivity contribution in [2.24, 2.45) is 0 Å². The van der Waals surface area contributed by atoms with Crippen molar-refractivity contribution in [3.8, 4) is 0 Å². The average molecular weight is 225 g/mol. The number of rotatable bonds is 6. The summed E-state index contributed by atoms with van der Waals surface area (Å²) in [5.74, 6) is 0.657. The number of nitro groups is 1. The minimum Gasteiger partial charge on any atom is -0.364 e.